The smallest absolute Gasteiger partial charge is 0.239 e. The Morgan fingerprint density at radius 1 is 1.07 bits per heavy atom. The summed E-state index contributed by atoms with van der Waals surface area (Å²) >= 11 is 0. The number of hydrogen-bond donors (Lipinski definition) is 2. The molecule has 7 heteroatoms. The number of amides is 2. The van der Waals surface area contributed by atoms with E-state index in [1.165, 1.54) is 0 Å². The van der Waals surface area contributed by atoms with Crippen molar-refractivity contribution in [1.82, 2.24) is 15.1 Å². The molecule has 1 aromatic heterocycles. The number of nitrogens with zero attached hydrogens (tertiary/aromatic N) is 3. The van der Waals surface area contributed by atoms with Crippen LogP contribution in [0.4, 0.5) is 11.4 Å². The molecule has 2 N–H and O–H groups in total. The van der Waals surface area contributed by atoms with Gasteiger partial charge in [0.1, 0.15) is 0 Å². The summed E-state index contributed by atoms with van der Waals surface area (Å²) in [5, 5.41) is 9.92. The zero-order valence-electron chi connectivity index (χ0n) is 15.3. The lowest BCUT2D eigenvalue weighted by atomic mass is 10.1. The van der Waals surface area contributed by atoms with Crippen LogP contribution in [-0.2, 0) is 16.0 Å². The summed E-state index contributed by atoms with van der Waals surface area (Å²) in [5.74, 6) is -0.0425. The van der Waals surface area contributed by atoms with Crippen molar-refractivity contribution in [3.05, 3.63) is 72.6 Å². The molecule has 0 atom stereocenters. The van der Waals surface area contributed by atoms with Crippen molar-refractivity contribution in [2.24, 2.45) is 0 Å². The average Bonchev–Trinajstić information content (AvgIpc) is 3.24. The maximum absolute atomic E-state index is 12.3. The van der Waals surface area contributed by atoms with E-state index in [2.05, 4.69) is 15.7 Å². The van der Waals surface area contributed by atoms with Gasteiger partial charge in [-0.05, 0) is 48.0 Å². The molecule has 142 valence electrons. The molecular formula is C21H21N5O2. The molecule has 0 saturated carbocycles. The molecule has 2 aromatic carbocycles. The Morgan fingerprint density at radius 2 is 1.82 bits per heavy atom. The maximum atomic E-state index is 12.3. The first-order valence-electron chi connectivity index (χ1n) is 9.18. The van der Waals surface area contributed by atoms with Crippen molar-refractivity contribution in [3.8, 4) is 5.69 Å². The zero-order valence-corrected chi connectivity index (χ0v) is 15.3. The van der Waals surface area contributed by atoms with Crippen LogP contribution in [0.15, 0.2) is 67.0 Å². The molecule has 0 bridgehead atoms. The van der Waals surface area contributed by atoms with Crippen LogP contribution < -0.4 is 15.5 Å². The van der Waals surface area contributed by atoms with Crippen LogP contribution >= 0.6 is 0 Å². The number of hydrogen-bond acceptors (Lipinski definition) is 4. The van der Waals surface area contributed by atoms with Gasteiger partial charge in [-0.25, -0.2) is 4.68 Å². The molecule has 2 amide bonds. The van der Waals surface area contributed by atoms with Crippen LogP contribution in [0.2, 0.25) is 0 Å². The normalized spacial score (nSPS) is 13.9. The Bertz CT molecular complexity index is 949. The molecule has 2 heterocycles. The maximum Gasteiger partial charge on any atom is 0.239 e. The first-order chi connectivity index (χ1) is 13.7. The van der Waals surface area contributed by atoms with E-state index < -0.39 is 0 Å². The third kappa shape index (κ3) is 4.20. The topological polar surface area (TPSA) is 79.3 Å². The molecule has 4 rings (SSSR count). The van der Waals surface area contributed by atoms with Gasteiger partial charge in [0.25, 0.3) is 0 Å². The monoisotopic (exact) mass is 375 g/mol. The van der Waals surface area contributed by atoms with Crippen molar-refractivity contribution in [3.63, 3.8) is 0 Å². The van der Waals surface area contributed by atoms with Gasteiger partial charge in [0.05, 0.1) is 18.7 Å². The Morgan fingerprint density at radius 3 is 2.50 bits per heavy atom. The zero-order chi connectivity index (χ0) is 19.3. The van der Waals surface area contributed by atoms with Gasteiger partial charge >= 0.3 is 0 Å². The fourth-order valence-electron chi connectivity index (χ4n) is 3.19. The Balaban J connectivity index is 1.34. The Hall–Kier alpha value is -3.61. The lowest BCUT2D eigenvalue weighted by Gasteiger charge is -2.28. The van der Waals surface area contributed by atoms with Crippen molar-refractivity contribution in [1.29, 1.82) is 0 Å². The summed E-state index contributed by atoms with van der Waals surface area (Å²) in [4.78, 5) is 25.9. The number of rotatable bonds is 5. The van der Waals surface area contributed by atoms with Gasteiger partial charge in [0.15, 0.2) is 0 Å². The van der Waals surface area contributed by atoms with Crippen LogP contribution in [0.3, 0.4) is 0 Å². The lowest BCUT2D eigenvalue weighted by molar-refractivity contribution is -0.120. The SMILES string of the molecule is O=C1CN(c2ccc(NC(=O)Cc3ccc(-n4cccn4)cc3)cc2)CCN1. The van der Waals surface area contributed by atoms with Gasteiger partial charge in [0.2, 0.25) is 11.8 Å². The molecule has 0 radical (unpaired) electrons. The van der Waals surface area contributed by atoms with Crippen LogP contribution in [0.25, 0.3) is 5.69 Å². The second-order valence-electron chi connectivity index (χ2n) is 6.66. The van der Waals surface area contributed by atoms with E-state index in [4.69, 9.17) is 0 Å². The summed E-state index contributed by atoms with van der Waals surface area (Å²) in [5.41, 5.74) is 3.60. The molecule has 0 spiro atoms. The number of carbonyl (C=O) groups is 2. The van der Waals surface area contributed by atoms with Crippen LogP contribution in [0.1, 0.15) is 5.56 Å². The van der Waals surface area contributed by atoms with Crippen molar-refractivity contribution >= 4 is 23.2 Å². The lowest BCUT2D eigenvalue weighted by Crippen LogP contribution is -2.47. The standard InChI is InChI=1S/C21H21N5O2/c27-20(14-16-2-6-19(7-3-16)26-12-1-10-23-26)24-17-4-8-18(9-5-17)25-13-11-22-21(28)15-25/h1-10,12H,11,13-15H2,(H,22,28)(H,24,27). The highest BCUT2D eigenvalue weighted by Crippen LogP contribution is 2.19. The van der Waals surface area contributed by atoms with Crippen LogP contribution in [0, 0.1) is 0 Å². The van der Waals surface area contributed by atoms with Gasteiger partial charge in [-0.3, -0.25) is 9.59 Å². The third-order valence-corrected chi connectivity index (χ3v) is 4.62. The summed E-state index contributed by atoms with van der Waals surface area (Å²) in [6.45, 7) is 1.79. The minimum atomic E-state index is -0.0723. The van der Waals surface area contributed by atoms with E-state index >= 15 is 0 Å². The van der Waals surface area contributed by atoms with E-state index in [9.17, 15) is 9.59 Å². The fraction of sp³-hybridized carbons (Fsp3) is 0.190. The summed E-state index contributed by atoms with van der Waals surface area (Å²) in [6, 6.07) is 17.2. The molecular weight excluding hydrogens is 354 g/mol. The molecule has 28 heavy (non-hydrogen) atoms. The quantitative estimate of drug-likeness (QED) is 0.715. The summed E-state index contributed by atoms with van der Waals surface area (Å²) in [6.07, 6.45) is 3.90. The molecule has 0 unspecified atom stereocenters. The van der Waals surface area contributed by atoms with Crippen molar-refractivity contribution in [2.75, 3.05) is 29.9 Å². The molecule has 1 aliphatic rings. The van der Waals surface area contributed by atoms with E-state index in [0.29, 0.717) is 19.5 Å². The number of nitrogens with one attached hydrogen (secondary N) is 2. The van der Waals surface area contributed by atoms with E-state index in [-0.39, 0.29) is 11.8 Å². The summed E-state index contributed by atoms with van der Waals surface area (Å²) in [7, 11) is 0. The van der Waals surface area contributed by atoms with E-state index in [0.717, 1.165) is 29.2 Å². The largest absolute Gasteiger partial charge is 0.360 e. The summed E-state index contributed by atoms with van der Waals surface area (Å²) < 4.78 is 1.78. The first-order valence-corrected chi connectivity index (χ1v) is 9.18. The molecule has 3 aromatic rings. The van der Waals surface area contributed by atoms with Crippen LogP contribution in [-0.4, -0.2) is 41.2 Å². The van der Waals surface area contributed by atoms with Crippen molar-refractivity contribution in [2.45, 2.75) is 6.42 Å². The highest BCUT2D eigenvalue weighted by Gasteiger charge is 2.16. The van der Waals surface area contributed by atoms with Crippen molar-refractivity contribution < 1.29 is 9.59 Å². The van der Waals surface area contributed by atoms with Gasteiger partial charge in [-0.15, -0.1) is 0 Å². The molecule has 1 aliphatic heterocycles. The predicted octanol–water partition coefficient (Wildman–Crippen LogP) is 1.99. The van der Waals surface area contributed by atoms with Gasteiger partial charge in [-0.1, -0.05) is 12.1 Å². The highest BCUT2D eigenvalue weighted by atomic mass is 16.2. The number of piperazine rings is 1. The Labute approximate surface area is 163 Å². The second kappa shape index (κ2) is 7.96. The highest BCUT2D eigenvalue weighted by molar-refractivity contribution is 5.92. The second-order valence-corrected chi connectivity index (χ2v) is 6.66. The molecule has 0 aliphatic carbocycles. The minimum absolute atomic E-state index is 0.0298. The Kier molecular flexibility index (Phi) is 5.05. The average molecular weight is 375 g/mol. The fourth-order valence-corrected chi connectivity index (χ4v) is 3.19. The van der Waals surface area contributed by atoms with Crippen LogP contribution in [0.5, 0.6) is 0 Å². The molecule has 7 nitrogen and oxygen atoms in total. The van der Waals surface area contributed by atoms with Gasteiger partial charge in [-0.2, -0.15) is 5.10 Å². The van der Waals surface area contributed by atoms with E-state index in [1.54, 1.807) is 10.9 Å². The number of aromatic nitrogens is 2. The minimum Gasteiger partial charge on any atom is -0.360 e. The van der Waals surface area contributed by atoms with E-state index in [1.807, 2.05) is 65.7 Å². The van der Waals surface area contributed by atoms with Gasteiger partial charge in [0, 0.05) is 36.9 Å². The predicted molar refractivity (Wildman–Crippen MR) is 108 cm³/mol. The third-order valence-electron chi connectivity index (χ3n) is 4.62. The molecule has 1 fully saturated rings. The first kappa shape index (κ1) is 17.8. The number of carbonyl (C=O) groups excluding carboxylic acids is 2. The number of benzene rings is 2. The van der Waals surface area contributed by atoms with Gasteiger partial charge < -0.3 is 15.5 Å². The molecule has 1 saturated heterocycles. The number of anilines is 2.